The van der Waals surface area contributed by atoms with Crippen molar-refractivity contribution < 1.29 is 19.1 Å². The number of hydrogen-bond donors (Lipinski definition) is 0. The summed E-state index contributed by atoms with van der Waals surface area (Å²) in [5, 5.41) is 0. The van der Waals surface area contributed by atoms with Gasteiger partial charge in [0.05, 0.1) is 14.2 Å². The van der Waals surface area contributed by atoms with Crippen molar-refractivity contribution in [1.29, 1.82) is 0 Å². The second-order valence-corrected chi connectivity index (χ2v) is 5.31. The van der Waals surface area contributed by atoms with Gasteiger partial charge in [-0.25, -0.2) is 0 Å². The van der Waals surface area contributed by atoms with E-state index in [9.17, 15) is 9.59 Å². The summed E-state index contributed by atoms with van der Waals surface area (Å²) in [6, 6.07) is 9.53. The molecule has 1 aromatic rings. The van der Waals surface area contributed by atoms with E-state index in [0.717, 1.165) is 17.6 Å². The maximum Gasteiger partial charge on any atom is 0.327 e. The third kappa shape index (κ3) is 2.69. The number of allylic oxidation sites excluding steroid dienone is 1. The van der Waals surface area contributed by atoms with E-state index in [0.29, 0.717) is 18.4 Å². The second kappa shape index (κ2) is 6.60. The van der Waals surface area contributed by atoms with E-state index in [-0.39, 0.29) is 0 Å². The summed E-state index contributed by atoms with van der Waals surface area (Å²) in [5.74, 6) is -1.19. The van der Waals surface area contributed by atoms with Gasteiger partial charge in [-0.05, 0) is 36.5 Å². The van der Waals surface area contributed by atoms with Crippen LogP contribution in [-0.4, -0.2) is 26.2 Å². The van der Waals surface area contributed by atoms with Gasteiger partial charge in [0.2, 0.25) is 0 Å². The fraction of sp³-hybridized carbons (Fsp3) is 0.333. The third-order valence-corrected chi connectivity index (χ3v) is 4.05. The molecule has 1 aromatic carbocycles. The van der Waals surface area contributed by atoms with Gasteiger partial charge in [-0.15, -0.1) is 0 Å². The van der Waals surface area contributed by atoms with Gasteiger partial charge in [0.25, 0.3) is 0 Å². The highest BCUT2D eigenvalue weighted by Crippen LogP contribution is 2.46. The number of carbonyl (C=O) groups is 2. The van der Waals surface area contributed by atoms with Crippen LogP contribution in [0.4, 0.5) is 0 Å². The maximum absolute atomic E-state index is 12.4. The molecule has 0 heterocycles. The minimum Gasteiger partial charge on any atom is -0.468 e. The Morgan fingerprint density at radius 3 is 2.27 bits per heavy atom. The summed E-state index contributed by atoms with van der Waals surface area (Å²) in [6.07, 6.45) is 3.63. The predicted molar refractivity (Wildman–Crippen MR) is 83.9 cm³/mol. The molecule has 0 aromatic heterocycles. The summed E-state index contributed by atoms with van der Waals surface area (Å²) in [7, 11) is 2.56. The molecule has 2 rings (SSSR count). The molecule has 1 aliphatic carbocycles. The summed E-state index contributed by atoms with van der Waals surface area (Å²) < 4.78 is 9.82. The van der Waals surface area contributed by atoms with Crippen molar-refractivity contribution in [1.82, 2.24) is 0 Å². The zero-order valence-corrected chi connectivity index (χ0v) is 12.9. The molecule has 0 amide bonds. The molecule has 1 aliphatic rings. The number of carbonyl (C=O) groups excluding carboxylic acids is 2. The minimum atomic E-state index is -1.42. The van der Waals surface area contributed by atoms with Crippen molar-refractivity contribution >= 4 is 18.0 Å². The highest BCUT2D eigenvalue weighted by atomic mass is 16.5. The highest BCUT2D eigenvalue weighted by Gasteiger charge is 2.53. The van der Waals surface area contributed by atoms with Crippen molar-refractivity contribution in [3.8, 4) is 0 Å². The molecule has 0 bridgehead atoms. The molecule has 0 atom stereocenters. The van der Waals surface area contributed by atoms with E-state index >= 15 is 0 Å². The molecule has 0 aliphatic heterocycles. The van der Waals surface area contributed by atoms with E-state index in [1.165, 1.54) is 14.2 Å². The summed E-state index contributed by atoms with van der Waals surface area (Å²) >= 11 is 0. The van der Waals surface area contributed by atoms with Crippen molar-refractivity contribution in [3.05, 3.63) is 53.6 Å². The zero-order valence-electron chi connectivity index (χ0n) is 12.9. The number of esters is 2. The first kappa shape index (κ1) is 16.0. The van der Waals surface area contributed by atoms with Crippen molar-refractivity contribution in [2.24, 2.45) is 5.41 Å². The molecule has 0 unspecified atom stereocenters. The van der Waals surface area contributed by atoms with E-state index in [1.54, 1.807) is 0 Å². The molecule has 0 radical (unpaired) electrons. The first-order valence-corrected chi connectivity index (χ1v) is 7.18. The van der Waals surface area contributed by atoms with Crippen LogP contribution in [0.15, 0.2) is 48.1 Å². The third-order valence-electron chi connectivity index (χ3n) is 4.05. The van der Waals surface area contributed by atoms with E-state index < -0.39 is 17.4 Å². The monoisotopic (exact) mass is 300 g/mol. The standard InChI is InChI=1S/C18H20O4/c1-13-8-7-11-18(16(19)21-2,17(20)22-3)15(13)12-14-9-5-4-6-10-14/h4-6,9-10,12H,1,7-8,11H2,2-3H3/b15-12-. The van der Waals surface area contributed by atoms with Crippen LogP contribution < -0.4 is 0 Å². The number of rotatable bonds is 3. The van der Waals surface area contributed by atoms with Crippen LogP contribution in [0.1, 0.15) is 24.8 Å². The molecule has 1 fully saturated rings. The maximum atomic E-state index is 12.4. The molecular weight excluding hydrogens is 280 g/mol. The van der Waals surface area contributed by atoms with Crippen LogP contribution in [0.2, 0.25) is 0 Å². The predicted octanol–water partition coefficient (Wildman–Crippen LogP) is 3.14. The molecule has 0 saturated heterocycles. The summed E-state index contributed by atoms with van der Waals surface area (Å²) in [5.41, 5.74) is 0.835. The van der Waals surface area contributed by atoms with E-state index in [2.05, 4.69) is 6.58 Å². The van der Waals surface area contributed by atoms with Crippen LogP contribution in [-0.2, 0) is 19.1 Å². The Morgan fingerprint density at radius 1 is 1.14 bits per heavy atom. The first-order chi connectivity index (χ1) is 10.6. The Hall–Kier alpha value is -2.36. The lowest BCUT2D eigenvalue weighted by atomic mass is 9.67. The molecule has 116 valence electrons. The molecule has 4 heteroatoms. The van der Waals surface area contributed by atoms with Gasteiger partial charge in [-0.3, -0.25) is 9.59 Å². The Morgan fingerprint density at radius 2 is 1.73 bits per heavy atom. The van der Waals surface area contributed by atoms with Gasteiger partial charge in [0.1, 0.15) is 0 Å². The Bertz CT molecular complexity index is 597. The van der Waals surface area contributed by atoms with Crippen LogP contribution >= 0.6 is 0 Å². The molecule has 4 nitrogen and oxygen atoms in total. The molecule has 0 N–H and O–H groups in total. The van der Waals surface area contributed by atoms with Gasteiger partial charge < -0.3 is 9.47 Å². The molecule has 1 saturated carbocycles. The number of hydrogen-bond acceptors (Lipinski definition) is 4. The van der Waals surface area contributed by atoms with Gasteiger partial charge in [0, 0.05) is 0 Å². The SMILES string of the molecule is C=C1CCCC(C(=O)OC)(C(=O)OC)/C1=C\c1ccccc1. The normalized spacial score (nSPS) is 18.8. The molecule has 22 heavy (non-hydrogen) atoms. The summed E-state index contributed by atoms with van der Waals surface area (Å²) in [6.45, 7) is 4.04. The quantitative estimate of drug-likeness (QED) is 0.635. The average Bonchev–Trinajstić information content (AvgIpc) is 2.56. The van der Waals surface area contributed by atoms with Crippen molar-refractivity contribution in [2.75, 3.05) is 14.2 Å². The van der Waals surface area contributed by atoms with E-state index in [4.69, 9.17) is 9.47 Å². The zero-order chi connectivity index (χ0) is 16.2. The second-order valence-electron chi connectivity index (χ2n) is 5.31. The number of benzene rings is 1. The lowest BCUT2D eigenvalue weighted by Gasteiger charge is -2.35. The van der Waals surface area contributed by atoms with E-state index in [1.807, 2.05) is 36.4 Å². The summed E-state index contributed by atoms with van der Waals surface area (Å²) in [4.78, 5) is 24.9. The van der Waals surface area contributed by atoms with Crippen LogP contribution in [0.5, 0.6) is 0 Å². The Balaban J connectivity index is 2.62. The highest BCUT2D eigenvalue weighted by molar-refractivity contribution is 6.06. The van der Waals surface area contributed by atoms with Gasteiger partial charge in [0.15, 0.2) is 5.41 Å². The Labute approximate surface area is 130 Å². The molecular formula is C18H20O4. The van der Waals surface area contributed by atoms with Crippen LogP contribution in [0, 0.1) is 5.41 Å². The Kier molecular flexibility index (Phi) is 4.81. The number of methoxy groups -OCH3 is 2. The fourth-order valence-corrected chi connectivity index (χ4v) is 2.94. The smallest absolute Gasteiger partial charge is 0.327 e. The van der Waals surface area contributed by atoms with Gasteiger partial charge >= 0.3 is 11.9 Å². The van der Waals surface area contributed by atoms with Gasteiger partial charge in [-0.2, -0.15) is 0 Å². The lowest BCUT2D eigenvalue weighted by molar-refractivity contribution is -0.166. The van der Waals surface area contributed by atoms with Crippen molar-refractivity contribution in [2.45, 2.75) is 19.3 Å². The van der Waals surface area contributed by atoms with Gasteiger partial charge in [-0.1, -0.05) is 42.5 Å². The average molecular weight is 300 g/mol. The fourth-order valence-electron chi connectivity index (χ4n) is 2.94. The van der Waals surface area contributed by atoms with Crippen LogP contribution in [0.3, 0.4) is 0 Å². The van der Waals surface area contributed by atoms with Crippen LogP contribution in [0.25, 0.3) is 6.08 Å². The minimum absolute atomic E-state index is 0.365. The largest absolute Gasteiger partial charge is 0.468 e. The molecule has 0 spiro atoms. The topological polar surface area (TPSA) is 52.6 Å². The van der Waals surface area contributed by atoms with Crippen molar-refractivity contribution in [3.63, 3.8) is 0 Å². The number of ether oxygens (including phenoxy) is 2. The lowest BCUT2D eigenvalue weighted by Crippen LogP contribution is -2.45. The first-order valence-electron chi connectivity index (χ1n) is 7.18.